The van der Waals surface area contributed by atoms with Crippen LogP contribution in [0.1, 0.15) is 5.56 Å². The van der Waals surface area contributed by atoms with Crippen LogP contribution in [0.4, 0.5) is 10.6 Å². The minimum atomic E-state index is -0.0895. The molecule has 1 aromatic carbocycles. The Morgan fingerprint density at radius 1 is 1.25 bits per heavy atom. The van der Waals surface area contributed by atoms with E-state index in [0.29, 0.717) is 25.4 Å². The number of fused-ring (bicyclic) bond motifs is 1. The third-order valence-electron chi connectivity index (χ3n) is 4.91. The van der Waals surface area contributed by atoms with Crippen LogP contribution in [0.3, 0.4) is 0 Å². The van der Waals surface area contributed by atoms with Gasteiger partial charge in [0.1, 0.15) is 5.82 Å². The summed E-state index contributed by atoms with van der Waals surface area (Å²) in [4.78, 5) is 21.1. The van der Waals surface area contributed by atoms with Crippen molar-refractivity contribution in [3.05, 3.63) is 47.5 Å². The van der Waals surface area contributed by atoms with Crippen molar-refractivity contribution in [2.75, 3.05) is 38.2 Å². The van der Waals surface area contributed by atoms with Crippen LogP contribution in [0, 0.1) is 0 Å². The van der Waals surface area contributed by atoms with Gasteiger partial charge in [-0.3, -0.25) is 0 Å². The number of hydrogen-bond donors (Lipinski definition) is 2. The van der Waals surface area contributed by atoms with Crippen LogP contribution in [0.25, 0.3) is 10.1 Å². The Labute approximate surface area is 167 Å². The quantitative estimate of drug-likeness (QED) is 0.706. The number of carbonyl (C=O) groups is 1. The van der Waals surface area contributed by atoms with E-state index in [1.165, 1.54) is 17.2 Å². The lowest BCUT2D eigenvalue weighted by Crippen LogP contribution is -2.51. The Kier molecular flexibility index (Phi) is 5.21. The maximum Gasteiger partial charge on any atom is 0.317 e. The van der Waals surface area contributed by atoms with Gasteiger partial charge in [-0.15, -0.1) is 11.3 Å². The van der Waals surface area contributed by atoms with Crippen molar-refractivity contribution in [2.24, 2.45) is 0 Å². The van der Waals surface area contributed by atoms with Crippen molar-refractivity contribution in [1.82, 2.24) is 15.2 Å². The van der Waals surface area contributed by atoms with Gasteiger partial charge in [-0.05, 0) is 35.2 Å². The molecular weight excluding hydrogens is 376 g/mol. The van der Waals surface area contributed by atoms with Gasteiger partial charge in [0.05, 0.1) is 7.11 Å². The molecule has 0 spiro atoms. The van der Waals surface area contributed by atoms with Crippen LogP contribution < -0.4 is 15.0 Å². The zero-order chi connectivity index (χ0) is 19.5. The van der Waals surface area contributed by atoms with E-state index in [0.717, 1.165) is 24.5 Å². The Morgan fingerprint density at radius 3 is 2.86 bits per heavy atom. The number of thiophene rings is 1. The molecule has 1 aliphatic heterocycles. The molecule has 0 unspecified atom stereocenters. The highest BCUT2D eigenvalue weighted by Gasteiger charge is 2.23. The molecule has 1 fully saturated rings. The lowest BCUT2D eigenvalue weighted by atomic mass is 10.2. The molecule has 28 heavy (non-hydrogen) atoms. The summed E-state index contributed by atoms with van der Waals surface area (Å²) in [6.07, 6.45) is 1.85. The Morgan fingerprint density at radius 2 is 2.07 bits per heavy atom. The molecule has 7 nitrogen and oxygen atoms in total. The number of piperazine rings is 1. The number of hydrogen-bond acceptors (Lipinski definition) is 6. The topological polar surface area (TPSA) is 77.9 Å². The molecule has 1 aliphatic rings. The van der Waals surface area contributed by atoms with E-state index in [2.05, 4.69) is 26.6 Å². The number of methoxy groups -OCH3 is 1. The van der Waals surface area contributed by atoms with Crippen molar-refractivity contribution in [2.45, 2.75) is 6.54 Å². The molecule has 0 saturated carbocycles. The van der Waals surface area contributed by atoms with E-state index in [4.69, 9.17) is 4.74 Å². The second kappa shape index (κ2) is 7.93. The molecule has 146 valence electrons. The first kappa shape index (κ1) is 18.4. The molecule has 0 bridgehead atoms. The van der Waals surface area contributed by atoms with E-state index in [1.54, 1.807) is 29.5 Å². The third kappa shape index (κ3) is 3.68. The number of benzene rings is 1. The SMILES string of the molecule is COc1cc(CNC(=O)N2CCN(c3nccc4sccc34)CC2)ccc1O. The summed E-state index contributed by atoms with van der Waals surface area (Å²) in [7, 11) is 1.50. The summed E-state index contributed by atoms with van der Waals surface area (Å²) in [5.41, 5.74) is 0.870. The van der Waals surface area contributed by atoms with Gasteiger partial charge >= 0.3 is 6.03 Å². The molecule has 2 aromatic heterocycles. The Bertz CT molecular complexity index is 982. The average molecular weight is 398 g/mol. The van der Waals surface area contributed by atoms with Crippen LogP contribution in [-0.4, -0.2) is 54.3 Å². The van der Waals surface area contributed by atoms with E-state index in [-0.39, 0.29) is 11.8 Å². The van der Waals surface area contributed by atoms with Crippen LogP contribution >= 0.6 is 11.3 Å². The number of nitrogens with one attached hydrogen (secondary N) is 1. The van der Waals surface area contributed by atoms with Crippen molar-refractivity contribution in [1.29, 1.82) is 0 Å². The predicted molar refractivity (Wildman–Crippen MR) is 110 cm³/mol. The Hall–Kier alpha value is -3.00. The summed E-state index contributed by atoms with van der Waals surface area (Å²) < 4.78 is 6.33. The number of nitrogens with zero attached hydrogens (tertiary/aromatic N) is 3. The van der Waals surface area contributed by atoms with Crippen LogP contribution in [0.5, 0.6) is 11.5 Å². The molecule has 2 N–H and O–H groups in total. The molecule has 2 amide bonds. The van der Waals surface area contributed by atoms with Gasteiger partial charge in [-0.2, -0.15) is 0 Å². The maximum absolute atomic E-state index is 12.5. The number of urea groups is 1. The molecule has 0 atom stereocenters. The zero-order valence-electron chi connectivity index (χ0n) is 15.6. The highest BCUT2D eigenvalue weighted by molar-refractivity contribution is 7.17. The molecule has 3 aromatic rings. The fraction of sp³-hybridized carbons (Fsp3) is 0.300. The normalized spacial score (nSPS) is 14.3. The fourth-order valence-electron chi connectivity index (χ4n) is 3.37. The first-order valence-corrected chi connectivity index (χ1v) is 9.99. The predicted octanol–water partition coefficient (Wildman–Crippen LogP) is 3.04. The second-order valence-corrected chi connectivity index (χ2v) is 7.55. The van der Waals surface area contributed by atoms with Crippen LogP contribution in [-0.2, 0) is 6.54 Å². The third-order valence-corrected chi connectivity index (χ3v) is 5.80. The van der Waals surface area contributed by atoms with Crippen LogP contribution in [0.15, 0.2) is 41.9 Å². The van der Waals surface area contributed by atoms with Gasteiger partial charge in [0, 0.05) is 49.0 Å². The zero-order valence-corrected chi connectivity index (χ0v) is 16.4. The molecule has 8 heteroatoms. The van der Waals surface area contributed by atoms with E-state index >= 15 is 0 Å². The molecule has 0 radical (unpaired) electrons. The largest absolute Gasteiger partial charge is 0.504 e. The number of aromatic nitrogens is 1. The van der Waals surface area contributed by atoms with E-state index < -0.39 is 0 Å². The first-order valence-electron chi connectivity index (χ1n) is 9.11. The van der Waals surface area contributed by atoms with Crippen LogP contribution in [0.2, 0.25) is 0 Å². The number of phenolic OH excluding ortho intramolecular Hbond substituents is 1. The average Bonchev–Trinajstić information content (AvgIpc) is 3.22. The van der Waals surface area contributed by atoms with E-state index in [1.807, 2.05) is 17.2 Å². The number of rotatable bonds is 4. The number of carbonyl (C=O) groups excluding carboxylic acids is 1. The minimum Gasteiger partial charge on any atom is -0.504 e. The number of pyridine rings is 1. The summed E-state index contributed by atoms with van der Waals surface area (Å²) >= 11 is 1.71. The standard InChI is InChI=1S/C20H22N4O3S/c1-27-17-12-14(2-3-16(17)25)13-22-20(26)24-9-7-23(8-10-24)19-15-5-11-28-18(15)4-6-21-19/h2-6,11-12,25H,7-10,13H2,1H3,(H,22,26). The maximum atomic E-state index is 12.5. The lowest BCUT2D eigenvalue weighted by molar-refractivity contribution is 0.194. The van der Waals surface area contributed by atoms with Gasteiger partial charge in [-0.25, -0.2) is 9.78 Å². The molecular formula is C20H22N4O3S. The number of aromatic hydroxyl groups is 1. The summed E-state index contributed by atoms with van der Waals surface area (Å²) in [5.74, 6) is 1.48. The number of phenols is 1. The smallest absolute Gasteiger partial charge is 0.317 e. The molecule has 4 rings (SSSR count). The number of anilines is 1. The highest BCUT2D eigenvalue weighted by atomic mass is 32.1. The summed E-state index contributed by atoms with van der Waals surface area (Å²) in [5, 5.41) is 15.8. The molecule has 1 saturated heterocycles. The second-order valence-electron chi connectivity index (χ2n) is 6.61. The van der Waals surface area contributed by atoms with Crippen molar-refractivity contribution in [3.8, 4) is 11.5 Å². The van der Waals surface area contributed by atoms with Gasteiger partial charge in [0.2, 0.25) is 0 Å². The monoisotopic (exact) mass is 398 g/mol. The van der Waals surface area contributed by atoms with Crippen molar-refractivity contribution >= 4 is 33.3 Å². The van der Waals surface area contributed by atoms with Gasteiger partial charge in [0.15, 0.2) is 11.5 Å². The summed E-state index contributed by atoms with van der Waals surface area (Å²) in [6.45, 7) is 3.18. The number of amides is 2. The van der Waals surface area contributed by atoms with Gasteiger partial charge in [0.25, 0.3) is 0 Å². The fourth-order valence-corrected chi connectivity index (χ4v) is 4.15. The molecule has 3 heterocycles. The Balaban J connectivity index is 1.33. The van der Waals surface area contributed by atoms with E-state index in [9.17, 15) is 9.90 Å². The van der Waals surface area contributed by atoms with Crippen molar-refractivity contribution in [3.63, 3.8) is 0 Å². The summed E-state index contributed by atoms with van der Waals surface area (Å²) in [6, 6.07) is 9.10. The van der Waals surface area contributed by atoms with Gasteiger partial charge in [-0.1, -0.05) is 6.07 Å². The number of ether oxygens (including phenoxy) is 1. The lowest BCUT2D eigenvalue weighted by Gasteiger charge is -2.35. The first-order chi connectivity index (χ1) is 13.7. The van der Waals surface area contributed by atoms with Crippen molar-refractivity contribution < 1.29 is 14.6 Å². The molecule has 0 aliphatic carbocycles. The highest BCUT2D eigenvalue weighted by Crippen LogP contribution is 2.29. The van der Waals surface area contributed by atoms with Gasteiger partial charge < -0.3 is 25.0 Å². The minimum absolute atomic E-state index is 0.0861.